The van der Waals surface area contributed by atoms with E-state index in [0.717, 1.165) is 5.56 Å². The minimum atomic E-state index is -1.18. The molecule has 1 fully saturated rings. The van der Waals surface area contributed by atoms with Crippen molar-refractivity contribution in [2.75, 3.05) is 23.9 Å². The second kappa shape index (κ2) is 8.30. The Balaban J connectivity index is 1.85. The molecule has 3 rings (SSSR count). The van der Waals surface area contributed by atoms with Crippen LogP contribution in [-0.2, 0) is 11.3 Å². The highest BCUT2D eigenvalue weighted by molar-refractivity contribution is 6.32. The van der Waals surface area contributed by atoms with Crippen LogP contribution in [0.3, 0.4) is 0 Å². The van der Waals surface area contributed by atoms with Crippen LogP contribution < -0.4 is 15.0 Å². The normalized spacial score (nSPS) is 16.1. The topological polar surface area (TPSA) is 125 Å². The van der Waals surface area contributed by atoms with Gasteiger partial charge in [0.25, 0.3) is 0 Å². The number of aromatic nitrogens is 2. The Morgan fingerprint density at radius 2 is 2.18 bits per heavy atom. The number of hydrogen-bond acceptors (Lipinski definition) is 7. The van der Waals surface area contributed by atoms with Crippen molar-refractivity contribution < 1.29 is 24.5 Å². The van der Waals surface area contributed by atoms with E-state index >= 15 is 0 Å². The molecule has 0 unspecified atom stereocenters. The average molecular weight is 407 g/mol. The van der Waals surface area contributed by atoms with Crippen LogP contribution in [0.15, 0.2) is 24.4 Å². The maximum Gasteiger partial charge on any atom is 0.341 e. The number of ether oxygens (including phenoxy) is 1. The molecule has 0 aliphatic carbocycles. The van der Waals surface area contributed by atoms with Crippen molar-refractivity contribution in [3.63, 3.8) is 0 Å². The van der Waals surface area contributed by atoms with E-state index in [-0.39, 0.29) is 23.9 Å². The second-order valence-corrected chi connectivity index (χ2v) is 6.66. The molecular formula is C18H19ClN4O5. The quantitative estimate of drug-likeness (QED) is 0.635. The second-order valence-electron chi connectivity index (χ2n) is 6.25. The molecule has 0 radical (unpaired) electrons. The van der Waals surface area contributed by atoms with E-state index in [2.05, 4.69) is 15.3 Å². The molecule has 0 amide bonds. The smallest absolute Gasteiger partial charge is 0.341 e. The molecule has 1 aliphatic heterocycles. The Kier molecular flexibility index (Phi) is 5.84. The summed E-state index contributed by atoms with van der Waals surface area (Å²) in [6, 6.07) is 4.49. The monoisotopic (exact) mass is 406 g/mol. The number of nitrogens with zero attached hydrogens (tertiary/aromatic N) is 3. The summed E-state index contributed by atoms with van der Waals surface area (Å²) in [7, 11) is 1.52. The zero-order valence-electron chi connectivity index (χ0n) is 15.1. The van der Waals surface area contributed by atoms with Crippen molar-refractivity contribution in [1.29, 1.82) is 0 Å². The molecule has 0 spiro atoms. The summed E-state index contributed by atoms with van der Waals surface area (Å²) in [4.78, 5) is 32.8. The van der Waals surface area contributed by atoms with Crippen LogP contribution in [0, 0.1) is 0 Å². The fourth-order valence-corrected chi connectivity index (χ4v) is 3.35. The van der Waals surface area contributed by atoms with Crippen LogP contribution in [0.1, 0.15) is 28.8 Å². The lowest BCUT2D eigenvalue weighted by Gasteiger charge is -2.22. The first-order chi connectivity index (χ1) is 13.4. The lowest BCUT2D eigenvalue weighted by molar-refractivity contribution is -0.138. The molecule has 1 saturated heterocycles. The van der Waals surface area contributed by atoms with Gasteiger partial charge in [0.2, 0.25) is 5.95 Å². The predicted molar refractivity (Wildman–Crippen MR) is 102 cm³/mol. The number of nitrogens with one attached hydrogen (secondary N) is 1. The van der Waals surface area contributed by atoms with E-state index in [1.54, 1.807) is 23.1 Å². The highest BCUT2D eigenvalue weighted by atomic mass is 35.5. The Labute approximate surface area is 165 Å². The number of benzene rings is 1. The molecule has 1 atom stereocenters. The molecular weight excluding hydrogens is 388 g/mol. The van der Waals surface area contributed by atoms with Crippen molar-refractivity contribution in [2.45, 2.75) is 25.4 Å². The van der Waals surface area contributed by atoms with Crippen LogP contribution in [0.4, 0.5) is 11.8 Å². The van der Waals surface area contributed by atoms with Crippen molar-refractivity contribution >= 4 is 35.3 Å². The van der Waals surface area contributed by atoms with Crippen LogP contribution in [-0.4, -0.2) is 51.8 Å². The molecule has 28 heavy (non-hydrogen) atoms. The zero-order chi connectivity index (χ0) is 20.3. The summed E-state index contributed by atoms with van der Waals surface area (Å²) in [5.41, 5.74) is 0.696. The van der Waals surface area contributed by atoms with Gasteiger partial charge in [0.05, 0.1) is 12.1 Å². The SMILES string of the molecule is COc1ccc(CNc2nc(N3CCC[C@H]3C(=O)O)ncc2C(=O)O)cc1Cl. The lowest BCUT2D eigenvalue weighted by Crippen LogP contribution is -2.37. The van der Waals surface area contributed by atoms with E-state index in [1.165, 1.54) is 13.3 Å². The van der Waals surface area contributed by atoms with Gasteiger partial charge in [-0.3, -0.25) is 0 Å². The third kappa shape index (κ3) is 4.09. The van der Waals surface area contributed by atoms with E-state index in [0.29, 0.717) is 30.2 Å². The summed E-state index contributed by atoms with van der Waals surface area (Å²) < 4.78 is 5.11. The number of aromatic carboxylic acids is 1. The van der Waals surface area contributed by atoms with Gasteiger partial charge in [0.15, 0.2) is 0 Å². The van der Waals surface area contributed by atoms with Gasteiger partial charge in [-0.25, -0.2) is 14.6 Å². The van der Waals surface area contributed by atoms with Crippen molar-refractivity contribution in [3.05, 3.63) is 40.5 Å². The van der Waals surface area contributed by atoms with Gasteiger partial charge in [-0.1, -0.05) is 17.7 Å². The number of carboxylic acid groups (broad SMARTS) is 2. The summed E-state index contributed by atoms with van der Waals surface area (Å²) in [5, 5.41) is 22.2. The van der Waals surface area contributed by atoms with Gasteiger partial charge in [-0.15, -0.1) is 0 Å². The Bertz CT molecular complexity index is 908. The molecule has 1 aromatic carbocycles. The van der Waals surface area contributed by atoms with Crippen molar-refractivity contribution in [1.82, 2.24) is 9.97 Å². The highest BCUT2D eigenvalue weighted by Gasteiger charge is 2.32. The predicted octanol–water partition coefficient (Wildman–Crippen LogP) is 2.50. The Morgan fingerprint density at radius 1 is 1.39 bits per heavy atom. The van der Waals surface area contributed by atoms with Crippen LogP contribution in [0.5, 0.6) is 5.75 Å². The van der Waals surface area contributed by atoms with Gasteiger partial charge in [-0.05, 0) is 30.5 Å². The van der Waals surface area contributed by atoms with E-state index < -0.39 is 18.0 Å². The van der Waals surface area contributed by atoms with E-state index in [4.69, 9.17) is 16.3 Å². The molecule has 1 aromatic heterocycles. The first kappa shape index (κ1) is 19.7. The summed E-state index contributed by atoms with van der Waals surface area (Å²) in [6.07, 6.45) is 2.38. The minimum Gasteiger partial charge on any atom is -0.495 e. The summed E-state index contributed by atoms with van der Waals surface area (Å²) >= 11 is 6.12. The number of carbonyl (C=O) groups is 2. The third-order valence-corrected chi connectivity index (χ3v) is 4.77. The lowest BCUT2D eigenvalue weighted by atomic mass is 10.2. The number of carboxylic acids is 2. The number of rotatable bonds is 7. The minimum absolute atomic E-state index is 0.102. The van der Waals surface area contributed by atoms with Crippen molar-refractivity contribution in [2.24, 2.45) is 0 Å². The standard InChI is InChI=1S/C18H19ClN4O5/c1-28-14-5-4-10(7-12(14)19)8-20-15-11(16(24)25)9-21-18(22-15)23-6-2-3-13(23)17(26)27/h4-5,7,9,13H,2-3,6,8H2,1H3,(H,24,25)(H,26,27)(H,20,21,22)/t13-/m0/s1. The van der Waals surface area contributed by atoms with Crippen LogP contribution in [0.2, 0.25) is 5.02 Å². The molecule has 10 heteroatoms. The molecule has 148 valence electrons. The van der Waals surface area contributed by atoms with Gasteiger partial charge in [0, 0.05) is 19.3 Å². The Morgan fingerprint density at radius 3 is 2.82 bits per heavy atom. The largest absolute Gasteiger partial charge is 0.495 e. The molecule has 2 aromatic rings. The average Bonchev–Trinajstić information content (AvgIpc) is 3.16. The molecule has 0 saturated carbocycles. The van der Waals surface area contributed by atoms with Gasteiger partial charge >= 0.3 is 11.9 Å². The van der Waals surface area contributed by atoms with Gasteiger partial charge in [-0.2, -0.15) is 4.98 Å². The number of aliphatic carboxylic acids is 1. The number of halogens is 1. The summed E-state index contributed by atoms with van der Waals surface area (Å²) in [6.45, 7) is 0.764. The number of methoxy groups -OCH3 is 1. The fraction of sp³-hybridized carbons (Fsp3) is 0.333. The Hall–Kier alpha value is -3.07. The van der Waals surface area contributed by atoms with Crippen molar-refractivity contribution in [3.8, 4) is 5.75 Å². The van der Waals surface area contributed by atoms with Gasteiger partial charge in [0.1, 0.15) is 23.2 Å². The molecule has 9 nitrogen and oxygen atoms in total. The summed E-state index contributed by atoms with van der Waals surface area (Å²) in [5.74, 6) is -1.30. The first-order valence-corrected chi connectivity index (χ1v) is 8.94. The number of anilines is 2. The van der Waals surface area contributed by atoms with Crippen LogP contribution in [0.25, 0.3) is 0 Å². The highest BCUT2D eigenvalue weighted by Crippen LogP contribution is 2.27. The van der Waals surface area contributed by atoms with Gasteiger partial charge < -0.3 is 25.2 Å². The van der Waals surface area contributed by atoms with E-state index in [1.807, 2.05) is 0 Å². The molecule has 1 aliphatic rings. The fourth-order valence-electron chi connectivity index (χ4n) is 3.07. The van der Waals surface area contributed by atoms with E-state index in [9.17, 15) is 19.8 Å². The first-order valence-electron chi connectivity index (χ1n) is 8.56. The number of hydrogen-bond donors (Lipinski definition) is 3. The molecule has 0 bridgehead atoms. The van der Waals surface area contributed by atoms with Crippen LogP contribution >= 0.6 is 11.6 Å². The molecule has 3 N–H and O–H groups in total. The molecule has 2 heterocycles. The maximum atomic E-state index is 11.5. The zero-order valence-corrected chi connectivity index (χ0v) is 15.8. The third-order valence-electron chi connectivity index (χ3n) is 4.48. The maximum absolute atomic E-state index is 11.5.